The Morgan fingerprint density at radius 3 is 3.25 bits per heavy atom. The zero-order chi connectivity index (χ0) is 13.9. The summed E-state index contributed by atoms with van der Waals surface area (Å²) in [6.45, 7) is 1.61. The molecular formula is C14H15ClN4O. The molecule has 1 amide bonds. The molecule has 3 heterocycles. The highest BCUT2D eigenvalue weighted by molar-refractivity contribution is 6.33. The summed E-state index contributed by atoms with van der Waals surface area (Å²) in [6.07, 6.45) is 8.82. The molecule has 0 fully saturated rings. The van der Waals surface area contributed by atoms with E-state index in [0.29, 0.717) is 23.0 Å². The summed E-state index contributed by atoms with van der Waals surface area (Å²) in [4.78, 5) is 20.3. The maximum atomic E-state index is 12.1. The number of nitrogens with one attached hydrogen (secondary N) is 1. The van der Waals surface area contributed by atoms with E-state index in [1.165, 1.54) is 6.20 Å². The van der Waals surface area contributed by atoms with E-state index >= 15 is 0 Å². The lowest BCUT2D eigenvalue weighted by Crippen LogP contribution is -2.33. The van der Waals surface area contributed by atoms with Gasteiger partial charge in [0.25, 0.3) is 5.91 Å². The predicted octanol–water partition coefficient (Wildman–Crippen LogP) is 1.92. The third-order valence-electron chi connectivity index (χ3n) is 3.62. The van der Waals surface area contributed by atoms with Crippen LogP contribution in [0, 0.1) is 5.92 Å². The molecule has 0 radical (unpaired) electrons. The Balaban J connectivity index is 1.58. The number of nitrogens with zero attached hydrogens (tertiary/aromatic N) is 3. The van der Waals surface area contributed by atoms with E-state index in [9.17, 15) is 4.79 Å². The van der Waals surface area contributed by atoms with E-state index in [4.69, 9.17) is 11.6 Å². The van der Waals surface area contributed by atoms with Gasteiger partial charge < -0.3 is 9.88 Å². The van der Waals surface area contributed by atoms with Gasteiger partial charge in [0.05, 0.1) is 10.6 Å². The van der Waals surface area contributed by atoms with Crippen LogP contribution in [0.2, 0.25) is 5.02 Å². The molecule has 20 heavy (non-hydrogen) atoms. The summed E-state index contributed by atoms with van der Waals surface area (Å²) in [6, 6.07) is 1.63. The molecule has 0 bridgehead atoms. The largest absolute Gasteiger partial charge is 0.352 e. The zero-order valence-electron chi connectivity index (χ0n) is 10.9. The second-order valence-electron chi connectivity index (χ2n) is 4.96. The molecule has 0 aliphatic carbocycles. The second-order valence-corrected chi connectivity index (χ2v) is 5.37. The number of aryl methyl sites for hydroxylation is 1. The number of carbonyl (C=O) groups excluding carboxylic acids is 1. The third-order valence-corrected chi connectivity index (χ3v) is 3.92. The highest BCUT2D eigenvalue weighted by Gasteiger charge is 2.20. The van der Waals surface area contributed by atoms with Crippen LogP contribution in [-0.4, -0.2) is 27.0 Å². The normalized spacial score (nSPS) is 17.6. The fourth-order valence-electron chi connectivity index (χ4n) is 2.48. The number of hydrogen-bond donors (Lipinski definition) is 1. The van der Waals surface area contributed by atoms with Crippen LogP contribution in [0.25, 0.3) is 0 Å². The lowest BCUT2D eigenvalue weighted by molar-refractivity contribution is 0.0944. The van der Waals surface area contributed by atoms with Gasteiger partial charge in [-0.15, -0.1) is 0 Å². The summed E-state index contributed by atoms with van der Waals surface area (Å²) in [5.41, 5.74) is 0.471. The molecule has 104 valence electrons. The number of amides is 1. The van der Waals surface area contributed by atoms with E-state index in [2.05, 4.69) is 19.9 Å². The maximum absolute atomic E-state index is 12.1. The standard InChI is InChI=1S/C14H15ClN4O/c15-12-9-16-3-1-11(12)14(20)18-8-10-2-5-19-6-4-17-13(19)7-10/h1,3-4,6,9-10H,2,5,7-8H2,(H,18,20). The van der Waals surface area contributed by atoms with Crippen molar-refractivity contribution in [3.8, 4) is 0 Å². The Kier molecular flexibility index (Phi) is 3.69. The van der Waals surface area contributed by atoms with Crippen molar-refractivity contribution in [3.63, 3.8) is 0 Å². The molecule has 1 aliphatic heterocycles. The Hall–Kier alpha value is -1.88. The molecule has 1 atom stereocenters. The highest BCUT2D eigenvalue weighted by atomic mass is 35.5. The van der Waals surface area contributed by atoms with Crippen molar-refractivity contribution < 1.29 is 4.79 Å². The van der Waals surface area contributed by atoms with Gasteiger partial charge in [0.2, 0.25) is 0 Å². The van der Waals surface area contributed by atoms with Crippen molar-refractivity contribution in [3.05, 3.63) is 47.3 Å². The van der Waals surface area contributed by atoms with E-state index < -0.39 is 0 Å². The van der Waals surface area contributed by atoms with Crippen molar-refractivity contribution in [1.82, 2.24) is 19.9 Å². The number of fused-ring (bicyclic) bond motifs is 1. The quantitative estimate of drug-likeness (QED) is 0.939. The van der Waals surface area contributed by atoms with Gasteiger partial charge in [-0.2, -0.15) is 0 Å². The first-order chi connectivity index (χ1) is 9.74. The van der Waals surface area contributed by atoms with Crippen molar-refractivity contribution in [2.75, 3.05) is 6.54 Å². The van der Waals surface area contributed by atoms with E-state index in [1.807, 2.05) is 12.4 Å². The smallest absolute Gasteiger partial charge is 0.252 e. The molecule has 3 rings (SSSR count). The van der Waals surface area contributed by atoms with E-state index in [1.54, 1.807) is 12.3 Å². The number of carbonyl (C=O) groups is 1. The minimum absolute atomic E-state index is 0.147. The minimum atomic E-state index is -0.147. The Bertz CT molecular complexity index is 625. The van der Waals surface area contributed by atoms with Crippen LogP contribution in [0.4, 0.5) is 0 Å². The second kappa shape index (κ2) is 5.63. The van der Waals surface area contributed by atoms with Crippen LogP contribution in [0.3, 0.4) is 0 Å². The minimum Gasteiger partial charge on any atom is -0.352 e. The van der Waals surface area contributed by atoms with Crippen molar-refractivity contribution in [2.24, 2.45) is 5.92 Å². The molecule has 1 aliphatic rings. The molecule has 0 aromatic carbocycles. The van der Waals surface area contributed by atoms with Crippen LogP contribution in [0.5, 0.6) is 0 Å². The molecule has 0 saturated carbocycles. The van der Waals surface area contributed by atoms with Gasteiger partial charge in [-0.05, 0) is 18.4 Å². The number of hydrogen-bond acceptors (Lipinski definition) is 3. The van der Waals surface area contributed by atoms with Gasteiger partial charge in [0.15, 0.2) is 0 Å². The lowest BCUT2D eigenvalue weighted by Gasteiger charge is -2.23. The van der Waals surface area contributed by atoms with Gasteiger partial charge in [0.1, 0.15) is 5.82 Å². The fraction of sp³-hybridized carbons (Fsp3) is 0.357. The first-order valence-corrected chi connectivity index (χ1v) is 6.99. The maximum Gasteiger partial charge on any atom is 0.252 e. The van der Waals surface area contributed by atoms with Gasteiger partial charge in [0, 0.05) is 44.3 Å². The number of halogens is 1. The fourth-order valence-corrected chi connectivity index (χ4v) is 2.69. The van der Waals surface area contributed by atoms with Crippen molar-refractivity contribution in [1.29, 1.82) is 0 Å². The number of rotatable bonds is 3. The molecule has 6 heteroatoms. The predicted molar refractivity (Wildman–Crippen MR) is 75.6 cm³/mol. The Morgan fingerprint density at radius 2 is 2.40 bits per heavy atom. The molecule has 5 nitrogen and oxygen atoms in total. The van der Waals surface area contributed by atoms with Crippen LogP contribution in [-0.2, 0) is 13.0 Å². The van der Waals surface area contributed by atoms with E-state index in [0.717, 1.165) is 25.2 Å². The molecule has 0 saturated heterocycles. The van der Waals surface area contributed by atoms with Crippen LogP contribution >= 0.6 is 11.6 Å². The first-order valence-electron chi connectivity index (χ1n) is 6.62. The van der Waals surface area contributed by atoms with Crippen molar-refractivity contribution >= 4 is 17.5 Å². The molecule has 1 unspecified atom stereocenters. The lowest BCUT2D eigenvalue weighted by atomic mass is 9.98. The molecule has 2 aromatic rings. The highest BCUT2D eigenvalue weighted by Crippen LogP contribution is 2.19. The molecule has 1 N–H and O–H groups in total. The summed E-state index contributed by atoms with van der Waals surface area (Å²) in [7, 11) is 0. The summed E-state index contributed by atoms with van der Waals surface area (Å²) in [5, 5.41) is 3.32. The number of imidazole rings is 1. The van der Waals surface area contributed by atoms with Crippen LogP contribution < -0.4 is 5.32 Å². The average Bonchev–Trinajstić information content (AvgIpc) is 2.92. The Morgan fingerprint density at radius 1 is 1.50 bits per heavy atom. The van der Waals surface area contributed by atoms with Gasteiger partial charge >= 0.3 is 0 Å². The van der Waals surface area contributed by atoms with Gasteiger partial charge in [-0.1, -0.05) is 11.6 Å². The summed E-state index contributed by atoms with van der Waals surface area (Å²) < 4.78 is 2.16. The average molecular weight is 291 g/mol. The van der Waals surface area contributed by atoms with Crippen molar-refractivity contribution in [2.45, 2.75) is 19.4 Å². The van der Waals surface area contributed by atoms with Crippen LogP contribution in [0.1, 0.15) is 22.6 Å². The van der Waals surface area contributed by atoms with Gasteiger partial charge in [-0.25, -0.2) is 4.98 Å². The summed E-state index contributed by atoms with van der Waals surface area (Å²) >= 11 is 5.96. The van der Waals surface area contributed by atoms with E-state index in [-0.39, 0.29) is 5.91 Å². The third kappa shape index (κ3) is 2.67. The molecule has 0 spiro atoms. The summed E-state index contributed by atoms with van der Waals surface area (Å²) in [5.74, 6) is 1.37. The molecule has 2 aromatic heterocycles. The van der Waals surface area contributed by atoms with Gasteiger partial charge in [-0.3, -0.25) is 9.78 Å². The zero-order valence-corrected chi connectivity index (χ0v) is 11.7. The first kappa shape index (κ1) is 13.1. The Labute approximate surface area is 122 Å². The van der Waals surface area contributed by atoms with Crippen LogP contribution in [0.15, 0.2) is 30.9 Å². The number of aromatic nitrogens is 3. The SMILES string of the molecule is O=C(NCC1CCn2ccnc2C1)c1ccncc1Cl. The number of pyridine rings is 1. The monoisotopic (exact) mass is 290 g/mol. The topological polar surface area (TPSA) is 59.8 Å². The molecular weight excluding hydrogens is 276 g/mol.